The Labute approximate surface area is 114 Å². The van der Waals surface area contributed by atoms with Gasteiger partial charge in [-0.3, -0.25) is 4.79 Å². The average Bonchev–Trinajstić information content (AvgIpc) is 2.68. The van der Waals surface area contributed by atoms with Crippen LogP contribution in [0.2, 0.25) is 5.02 Å². The van der Waals surface area contributed by atoms with Crippen LogP contribution in [0.5, 0.6) is 0 Å². The second kappa shape index (κ2) is 4.35. The highest BCUT2D eigenvalue weighted by atomic mass is 35.5. The van der Waals surface area contributed by atoms with Gasteiger partial charge in [-0.2, -0.15) is 4.39 Å². The number of carbonyl (C=O) groups is 1. The number of H-pyrrole nitrogens is 1. The molecule has 1 aromatic carbocycles. The van der Waals surface area contributed by atoms with Crippen molar-refractivity contribution >= 4 is 23.2 Å². The van der Waals surface area contributed by atoms with Crippen molar-refractivity contribution in [1.82, 2.24) is 9.97 Å². The summed E-state index contributed by atoms with van der Waals surface area (Å²) in [6, 6.07) is 3.42. The van der Waals surface area contributed by atoms with E-state index in [0.29, 0.717) is 34.9 Å². The number of rotatable bonds is 1. The van der Waals surface area contributed by atoms with Crippen LogP contribution in [0.1, 0.15) is 17.8 Å². The van der Waals surface area contributed by atoms with E-state index in [-0.39, 0.29) is 11.6 Å². The molecule has 98 valence electrons. The second-order valence-electron chi connectivity index (χ2n) is 4.49. The summed E-state index contributed by atoms with van der Waals surface area (Å²) >= 11 is 6.32. The molecule has 0 aliphatic carbocycles. The fraction of sp³-hybridized carbons (Fsp3) is 0.231. The average molecular weight is 280 g/mol. The Hall–Kier alpha value is -1.88. The van der Waals surface area contributed by atoms with Gasteiger partial charge in [0.1, 0.15) is 11.5 Å². The van der Waals surface area contributed by atoms with Gasteiger partial charge in [-0.15, -0.1) is 0 Å². The van der Waals surface area contributed by atoms with Crippen LogP contribution in [-0.2, 0) is 11.2 Å². The van der Waals surface area contributed by atoms with Crippen molar-refractivity contribution < 1.29 is 9.18 Å². The molecule has 1 aliphatic rings. The molecular formula is C13H11ClFN3O. The smallest absolute Gasteiger partial charge is 0.238 e. The van der Waals surface area contributed by atoms with E-state index in [0.717, 1.165) is 5.56 Å². The molecule has 4 nitrogen and oxygen atoms in total. The predicted octanol–water partition coefficient (Wildman–Crippen LogP) is 3.06. The van der Waals surface area contributed by atoms with Gasteiger partial charge in [0, 0.05) is 17.7 Å². The van der Waals surface area contributed by atoms with Gasteiger partial charge in [0.15, 0.2) is 0 Å². The van der Waals surface area contributed by atoms with Crippen molar-refractivity contribution in [3.63, 3.8) is 0 Å². The minimum atomic E-state index is -0.570. The van der Waals surface area contributed by atoms with Crippen molar-refractivity contribution in [1.29, 1.82) is 0 Å². The highest BCUT2D eigenvalue weighted by Gasteiger charge is 2.22. The van der Waals surface area contributed by atoms with Gasteiger partial charge in [-0.25, -0.2) is 4.98 Å². The minimum Gasteiger partial charge on any atom is -0.340 e. The van der Waals surface area contributed by atoms with E-state index in [1.165, 1.54) is 0 Å². The zero-order valence-electron chi connectivity index (χ0n) is 10.2. The first-order valence-electron chi connectivity index (χ1n) is 5.90. The lowest BCUT2D eigenvalue weighted by Gasteiger charge is -2.19. The first-order chi connectivity index (χ1) is 9.06. The maximum Gasteiger partial charge on any atom is 0.238 e. The summed E-state index contributed by atoms with van der Waals surface area (Å²) in [6.07, 6.45) is 0.948. The molecule has 2 heterocycles. The molecule has 0 atom stereocenters. The van der Waals surface area contributed by atoms with E-state index in [2.05, 4.69) is 15.3 Å². The van der Waals surface area contributed by atoms with Crippen LogP contribution in [0, 0.1) is 12.9 Å². The van der Waals surface area contributed by atoms with Gasteiger partial charge in [0.2, 0.25) is 11.9 Å². The summed E-state index contributed by atoms with van der Waals surface area (Å²) in [4.78, 5) is 17.9. The molecule has 0 spiro atoms. The van der Waals surface area contributed by atoms with Gasteiger partial charge in [-0.1, -0.05) is 11.6 Å². The van der Waals surface area contributed by atoms with E-state index < -0.39 is 5.95 Å². The molecule has 3 rings (SSSR count). The molecule has 0 saturated heterocycles. The summed E-state index contributed by atoms with van der Waals surface area (Å²) in [5, 5.41) is 3.21. The van der Waals surface area contributed by atoms with Gasteiger partial charge >= 0.3 is 0 Å². The van der Waals surface area contributed by atoms with E-state index in [1.54, 1.807) is 19.1 Å². The summed E-state index contributed by atoms with van der Waals surface area (Å²) in [7, 11) is 0. The van der Waals surface area contributed by atoms with Crippen molar-refractivity contribution in [3.8, 4) is 11.3 Å². The van der Waals surface area contributed by atoms with Crippen molar-refractivity contribution in [2.45, 2.75) is 19.8 Å². The third-order valence-corrected chi connectivity index (χ3v) is 3.60. The quantitative estimate of drug-likeness (QED) is 0.843. The van der Waals surface area contributed by atoms with Gasteiger partial charge in [0.05, 0.1) is 5.02 Å². The van der Waals surface area contributed by atoms with Crippen LogP contribution in [0.3, 0.4) is 0 Å². The Bertz CT molecular complexity index is 681. The molecule has 2 N–H and O–H groups in total. The zero-order valence-corrected chi connectivity index (χ0v) is 10.9. The summed E-state index contributed by atoms with van der Waals surface area (Å²) < 4.78 is 13.7. The third-order valence-electron chi connectivity index (χ3n) is 3.17. The van der Waals surface area contributed by atoms with E-state index in [4.69, 9.17) is 11.6 Å². The van der Waals surface area contributed by atoms with Crippen LogP contribution in [-0.4, -0.2) is 15.9 Å². The highest BCUT2D eigenvalue weighted by Crippen LogP contribution is 2.37. The van der Waals surface area contributed by atoms with Crippen LogP contribution in [0.4, 0.5) is 10.1 Å². The van der Waals surface area contributed by atoms with Crippen LogP contribution >= 0.6 is 11.6 Å². The minimum absolute atomic E-state index is 0.0279. The molecule has 1 aromatic heterocycles. The number of hydrogen-bond donors (Lipinski definition) is 2. The molecule has 1 aliphatic heterocycles. The summed E-state index contributed by atoms with van der Waals surface area (Å²) in [6.45, 7) is 1.68. The number of carbonyl (C=O) groups excluding carboxylic acids is 1. The molecule has 0 fully saturated rings. The molecule has 1 amide bonds. The standard InChI is InChI=1S/C13H11ClFN3O/c1-6-16-12(13(15)17-6)8-2-4-9-7(11(8)14)3-5-10(19)18-9/h2,4H,3,5H2,1H3,(H,16,17)(H,18,19). The number of hydrogen-bond acceptors (Lipinski definition) is 2. The first-order valence-corrected chi connectivity index (χ1v) is 6.28. The fourth-order valence-corrected chi connectivity index (χ4v) is 2.62. The Morgan fingerprint density at radius 3 is 2.84 bits per heavy atom. The lowest BCUT2D eigenvalue weighted by molar-refractivity contribution is -0.116. The molecule has 0 saturated carbocycles. The Morgan fingerprint density at radius 2 is 2.16 bits per heavy atom. The molecule has 0 radical (unpaired) electrons. The van der Waals surface area contributed by atoms with Crippen LogP contribution < -0.4 is 5.32 Å². The summed E-state index contributed by atoms with van der Waals surface area (Å²) in [5.41, 5.74) is 2.38. The number of aromatic nitrogens is 2. The normalized spacial score (nSPS) is 14.2. The molecule has 19 heavy (non-hydrogen) atoms. The lowest BCUT2D eigenvalue weighted by Crippen LogP contribution is -2.19. The number of nitrogens with one attached hydrogen (secondary N) is 2. The molecule has 0 unspecified atom stereocenters. The van der Waals surface area contributed by atoms with Crippen LogP contribution in [0.15, 0.2) is 12.1 Å². The largest absolute Gasteiger partial charge is 0.340 e. The number of imidazole rings is 1. The number of benzene rings is 1. The number of aryl methyl sites for hydroxylation is 1. The van der Waals surface area contributed by atoms with Gasteiger partial charge < -0.3 is 10.3 Å². The SMILES string of the molecule is Cc1nc(F)c(-c2ccc3c(c2Cl)CCC(=O)N3)[nH]1. The Balaban J connectivity index is 2.14. The van der Waals surface area contributed by atoms with E-state index in [9.17, 15) is 9.18 Å². The molecular weight excluding hydrogens is 269 g/mol. The van der Waals surface area contributed by atoms with E-state index >= 15 is 0 Å². The maximum absolute atomic E-state index is 13.7. The number of fused-ring (bicyclic) bond motifs is 1. The lowest BCUT2D eigenvalue weighted by atomic mass is 9.99. The van der Waals surface area contributed by atoms with Crippen LogP contribution in [0.25, 0.3) is 11.3 Å². The summed E-state index contributed by atoms with van der Waals surface area (Å²) in [5.74, 6) is -0.103. The third kappa shape index (κ3) is 2.00. The molecule has 0 bridgehead atoms. The monoisotopic (exact) mass is 279 g/mol. The van der Waals surface area contributed by atoms with Gasteiger partial charge in [0.25, 0.3) is 0 Å². The van der Waals surface area contributed by atoms with Crippen molar-refractivity contribution in [2.24, 2.45) is 0 Å². The molecule has 6 heteroatoms. The topological polar surface area (TPSA) is 57.8 Å². The second-order valence-corrected chi connectivity index (χ2v) is 4.87. The Kier molecular flexibility index (Phi) is 2.78. The van der Waals surface area contributed by atoms with Gasteiger partial charge in [-0.05, 0) is 31.0 Å². The number of anilines is 1. The first kappa shape index (κ1) is 12.2. The highest BCUT2D eigenvalue weighted by molar-refractivity contribution is 6.34. The number of nitrogens with zero attached hydrogens (tertiary/aromatic N) is 1. The number of aromatic amines is 1. The predicted molar refractivity (Wildman–Crippen MR) is 70.7 cm³/mol. The zero-order chi connectivity index (χ0) is 13.6. The number of halogens is 2. The molecule has 2 aromatic rings. The van der Waals surface area contributed by atoms with Crippen molar-refractivity contribution in [3.05, 3.63) is 34.5 Å². The van der Waals surface area contributed by atoms with E-state index in [1.807, 2.05) is 0 Å². The fourth-order valence-electron chi connectivity index (χ4n) is 2.27. The number of amides is 1. The van der Waals surface area contributed by atoms with Crippen molar-refractivity contribution in [2.75, 3.05) is 5.32 Å². The Morgan fingerprint density at radius 1 is 1.37 bits per heavy atom. The maximum atomic E-state index is 13.7.